The molecule has 0 amide bonds. The average molecular weight is 354 g/mol. The van der Waals surface area contributed by atoms with E-state index >= 15 is 0 Å². The summed E-state index contributed by atoms with van der Waals surface area (Å²) >= 11 is 5.88. The van der Waals surface area contributed by atoms with Gasteiger partial charge in [0, 0.05) is 11.1 Å². The van der Waals surface area contributed by atoms with Crippen LogP contribution < -0.4 is 4.72 Å². The summed E-state index contributed by atoms with van der Waals surface area (Å²) < 4.78 is 49.6. The van der Waals surface area contributed by atoms with Gasteiger partial charge in [0.25, 0.3) is 0 Å². The molecule has 21 heavy (non-hydrogen) atoms. The van der Waals surface area contributed by atoms with Gasteiger partial charge in [-0.15, -0.1) is 0 Å². The minimum absolute atomic E-state index is 0.00173. The van der Waals surface area contributed by atoms with Crippen molar-refractivity contribution < 1.29 is 21.9 Å². The Balaban J connectivity index is 2.14. The Bertz CT molecular complexity index is 716. The van der Waals surface area contributed by atoms with Crippen LogP contribution in [0, 0.1) is 0 Å². The Morgan fingerprint density at radius 3 is 2.43 bits per heavy atom. The highest BCUT2D eigenvalue weighted by Crippen LogP contribution is 2.22. The number of hydrogen-bond acceptors (Lipinski definition) is 5. The first kappa shape index (κ1) is 16.7. The van der Waals surface area contributed by atoms with Crippen LogP contribution in [-0.2, 0) is 26.5 Å². The lowest BCUT2D eigenvalue weighted by atomic mass is 10.2. The van der Waals surface area contributed by atoms with Crippen molar-refractivity contribution in [1.29, 1.82) is 0 Å². The van der Waals surface area contributed by atoms with Crippen molar-refractivity contribution in [2.75, 3.05) is 11.5 Å². The quantitative estimate of drug-likeness (QED) is 0.829. The molecule has 1 aromatic rings. The molecule has 1 heterocycles. The number of benzene rings is 1. The second-order valence-electron chi connectivity index (χ2n) is 4.96. The molecule has 0 atom stereocenters. The van der Waals surface area contributed by atoms with E-state index in [2.05, 4.69) is 4.72 Å². The lowest BCUT2D eigenvalue weighted by Gasteiger charge is -2.23. The highest BCUT2D eigenvalue weighted by atomic mass is 35.5. The van der Waals surface area contributed by atoms with Crippen molar-refractivity contribution in [1.82, 2.24) is 4.72 Å². The molecule has 1 saturated heterocycles. The molecule has 0 aliphatic carbocycles. The average Bonchev–Trinajstić information content (AvgIpc) is 2.41. The van der Waals surface area contributed by atoms with Crippen molar-refractivity contribution in [3.63, 3.8) is 0 Å². The van der Waals surface area contributed by atoms with Crippen LogP contribution in [0.5, 0.6) is 0 Å². The van der Waals surface area contributed by atoms with Gasteiger partial charge in [-0.25, -0.2) is 21.6 Å². The van der Waals surface area contributed by atoms with E-state index in [-0.39, 0.29) is 40.9 Å². The monoisotopic (exact) mass is 353 g/mol. The standard InChI is InChI=1S/C12H16ClNO5S2/c13-12-7-11(2-1-9(12)8-15)21(18,19)14-10-3-5-20(16,17)6-4-10/h1-2,7,10,14-15H,3-6,8H2. The summed E-state index contributed by atoms with van der Waals surface area (Å²) in [5.41, 5.74) is 0.444. The van der Waals surface area contributed by atoms with Gasteiger partial charge in [-0.2, -0.15) is 0 Å². The first-order valence-corrected chi connectivity index (χ1v) is 10.0. The maximum absolute atomic E-state index is 12.2. The zero-order valence-corrected chi connectivity index (χ0v) is 13.5. The number of aliphatic hydroxyl groups excluding tert-OH is 1. The predicted molar refractivity (Wildman–Crippen MR) is 79.4 cm³/mol. The zero-order chi connectivity index (χ0) is 15.7. The van der Waals surface area contributed by atoms with Gasteiger partial charge < -0.3 is 5.11 Å². The van der Waals surface area contributed by atoms with Crippen LogP contribution in [0.2, 0.25) is 5.02 Å². The highest BCUT2D eigenvalue weighted by Gasteiger charge is 2.27. The smallest absolute Gasteiger partial charge is 0.240 e. The molecule has 1 aliphatic rings. The fourth-order valence-electron chi connectivity index (χ4n) is 2.12. The summed E-state index contributed by atoms with van der Waals surface area (Å²) in [6.45, 7) is -0.271. The van der Waals surface area contributed by atoms with Crippen molar-refractivity contribution in [2.24, 2.45) is 0 Å². The van der Waals surface area contributed by atoms with Crippen LogP contribution in [0.3, 0.4) is 0 Å². The lowest BCUT2D eigenvalue weighted by molar-refractivity contribution is 0.282. The largest absolute Gasteiger partial charge is 0.392 e. The van der Waals surface area contributed by atoms with Gasteiger partial charge in [0.05, 0.1) is 23.0 Å². The molecule has 9 heteroatoms. The highest BCUT2D eigenvalue weighted by molar-refractivity contribution is 7.91. The summed E-state index contributed by atoms with van der Waals surface area (Å²) in [4.78, 5) is -0.00173. The number of nitrogens with one attached hydrogen (secondary N) is 1. The molecule has 2 N–H and O–H groups in total. The van der Waals surface area contributed by atoms with Crippen LogP contribution in [0.25, 0.3) is 0 Å². The molecule has 1 fully saturated rings. The van der Waals surface area contributed by atoms with Gasteiger partial charge in [0.15, 0.2) is 0 Å². The number of sulfonamides is 1. The van der Waals surface area contributed by atoms with E-state index in [1.807, 2.05) is 0 Å². The van der Waals surface area contributed by atoms with Gasteiger partial charge in [0.1, 0.15) is 9.84 Å². The Hall–Kier alpha value is -0.670. The number of hydrogen-bond donors (Lipinski definition) is 2. The Kier molecular flexibility index (Phi) is 4.94. The van der Waals surface area contributed by atoms with E-state index in [1.165, 1.54) is 18.2 Å². The third kappa shape index (κ3) is 4.17. The summed E-state index contributed by atoms with van der Waals surface area (Å²) in [5.74, 6) is -0.0191. The third-order valence-corrected chi connectivity index (χ3v) is 6.97. The Morgan fingerprint density at radius 2 is 1.90 bits per heavy atom. The molecule has 0 bridgehead atoms. The van der Waals surface area contributed by atoms with E-state index in [4.69, 9.17) is 16.7 Å². The summed E-state index contributed by atoms with van der Waals surface area (Å²) in [7, 11) is -6.79. The topological polar surface area (TPSA) is 101 Å². The van der Waals surface area contributed by atoms with Crippen LogP contribution >= 0.6 is 11.6 Å². The second-order valence-corrected chi connectivity index (χ2v) is 9.38. The lowest BCUT2D eigenvalue weighted by Crippen LogP contribution is -2.40. The van der Waals surface area contributed by atoms with Gasteiger partial charge in [0.2, 0.25) is 10.0 Å². The molecular weight excluding hydrogens is 338 g/mol. The van der Waals surface area contributed by atoms with Gasteiger partial charge in [-0.3, -0.25) is 0 Å². The van der Waals surface area contributed by atoms with E-state index in [9.17, 15) is 16.8 Å². The van der Waals surface area contributed by atoms with Gasteiger partial charge >= 0.3 is 0 Å². The van der Waals surface area contributed by atoms with Gasteiger partial charge in [-0.05, 0) is 30.5 Å². The molecule has 0 saturated carbocycles. The van der Waals surface area contributed by atoms with Crippen molar-refractivity contribution in [3.05, 3.63) is 28.8 Å². The second kappa shape index (κ2) is 6.21. The number of halogens is 1. The zero-order valence-electron chi connectivity index (χ0n) is 11.1. The van der Waals surface area contributed by atoms with E-state index in [1.54, 1.807) is 0 Å². The minimum atomic E-state index is -3.76. The molecule has 1 aromatic carbocycles. The molecule has 6 nitrogen and oxygen atoms in total. The molecule has 0 spiro atoms. The van der Waals surface area contributed by atoms with Crippen molar-refractivity contribution in [2.45, 2.75) is 30.4 Å². The predicted octanol–water partition coefficient (Wildman–Crippen LogP) is 0.688. The molecular formula is C12H16ClNO5S2. The molecule has 2 rings (SSSR count). The molecule has 0 unspecified atom stereocenters. The number of aliphatic hydroxyl groups is 1. The van der Waals surface area contributed by atoms with Crippen LogP contribution in [0.4, 0.5) is 0 Å². The minimum Gasteiger partial charge on any atom is -0.392 e. The normalized spacial score (nSPS) is 19.5. The number of rotatable bonds is 4. The van der Waals surface area contributed by atoms with Crippen molar-refractivity contribution >= 4 is 31.5 Å². The maximum atomic E-state index is 12.2. The van der Waals surface area contributed by atoms with Gasteiger partial charge in [-0.1, -0.05) is 17.7 Å². The summed E-state index contributed by atoms with van der Waals surface area (Å²) in [6, 6.07) is 3.69. The maximum Gasteiger partial charge on any atom is 0.240 e. The van der Waals surface area contributed by atoms with Crippen molar-refractivity contribution in [3.8, 4) is 0 Å². The summed E-state index contributed by atoms with van der Waals surface area (Å²) in [6.07, 6.45) is 0.536. The number of sulfone groups is 1. The van der Waals surface area contributed by atoms with Crippen LogP contribution in [-0.4, -0.2) is 39.5 Å². The van der Waals surface area contributed by atoms with E-state index in [0.717, 1.165) is 0 Å². The molecule has 0 aromatic heterocycles. The molecule has 0 radical (unpaired) electrons. The Morgan fingerprint density at radius 1 is 1.29 bits per heavy atom. The SMILES string of the molecule is O=S1(=O)CCC(NS(=O)(=O)c2ccc(CO)c(Cl)c2)CC1. The first-order chi connectivity index (χ1) is 9.73. The molecule has 118 valence electrons. The fourth-order valence-corrected chi connectivity index (χ4v) is 5.25. The first-order valence-electron chi connectivity index (χ1n) is 6.35. The van der Waals surface area contributed by atoms with Crippen LogP contribution in [0.15, 0.2) is 23.1 Å². The fraction of sp³-hybridized carbons (Fsp3) is 0.500. The summed E-state index contributed by atoms with van der Waals surface area (Å²) in [5, 5.41) is 9.19. The van der Waals surface area contributed by atoms with Crippen LogP contribution in [0.1, 0.15) is 18.4 Å². The molecule has 1 aliphatic heterocycles. The Labute approximate surface area is 129 Å². The third-order valence-electron chi connectivity index (χ3n) is 3.38. The van der Waals surface area contributed by atoms with E-state index in [0.29, 0.717) is 5.56 Å². The van der Waals surface area contributed by atoms with E-state index < -0.39 is 25.9 Å².